The maximum Gasteiger partial charge on any atom is 0.409 e. The quantitative estimate of drug-likeness (QED) is 0.234. The second-order valence-electron chi connectivity index (χ2n) is 8.47. The number of hydrogen-bond acceptors (Lipinski definition) is 7. The monoisotopic (exact) mass is 493 g/mol. The molecule has 0 bridgehead atoms. The minimum atomic E-state index is -0.840. The van der Waals surface area contributed by atoms with E-state index < -0.39 is 36.0 Å². The Morgan fingerprint density at radius 1 is 1.03 bits per heavy atom. The molecular formula is C23H39N7O5. The van der Waals surface area contributed by atoms with Gasteiger partial charge in [0.05, 0.1) is 6.04 Å². The van der Waals surface area contributed by atoms with Gasteiger partial charge < -0.3 is 42.0 Å². The Balaban J connectivity index is 2.66. The average Bonchev–Trinajstić information content (AvgIpc) is 2.82. The summed E-state index contributed by atoms with van der Waals surface area (Å²) in [6, 6.07) is 4.62. The predicted octanol–water partition coefficient (Wildman–Crippen LogP) is 0.426. The van der Waals surface area contributed by atoms with Crippen LogP contribution in [0.2, 0.25) is 0 Å². The summed E-state index contributed by atoms with van der Waals surface area (Å²) in [4.78, 5) is 51.4. The van der Waals surface area contributed by atoms with E-state index in [0.717, 1.165) is 12.1 Å². The van der Waals surface area contributed by atoms with Gasteiger partial charge in [-0.15, -0.1) is 0 Å². The van der Waals surface area contributed by atoms with E-state index in [1.165, 1.54) is 4.90 Å². The zero-order chi connectivity index (χ0) is 26.4. The fourth-order valence-electron chi connectivity index (χ4n) is 2.86. The van der Waals surface area contributed by atoms with Crippen LogP contribution in [0.3, 0.4) is 0 Å². The van der Waals surface area contributed by atoms with Gasteiger partial charge in [0.25, 0.3) is 0 Å². The highest BCUT2D eigenvalue weighted by Crippen LogP contribution is 2.12. The summed E-state index contributed by atoms with van der Waals surface area (Å²) < 4.78 is 5.31. The first-order chi connectivity index (χ1) is 16.5. The van der Waals surface area contributed by atoms with Crippen LogP contribution in [0.1, 0.15) is 31.7 Å². The highest BCUT2D eigenvalue weighted by Gasteiger charge is 2.23. The van der Waals surface area contributed by atoms with Gasteiger partial charge in [0.2, 0.25) is 11.8 Å². The van der Waals surface area contributed by atoms with E-state index in [4.69, 9.17) is 16.2 Å². The number of likely N-dealkylation sites (N-methyl/N-ethyl adjacent to an activating group) is 2. The molecule has 1 aromatic carbocycles. The summed E-state index contributed by atoms with van der Waals surface area (Å²) in [7, 11) is 5.53. The lowest BCUT2D eigenvalue weighted by atomic mass is 10.1. The topological polar surface area (TPSA) is 172 Å². The molecule has 0 spiro atoms. The number of carbonyl (C=O) groups is 4. The van der Waals surface area contributed by atoms with Gasteiger partial charge in [-0.25, -0.2) is 9.59 Å². The molecule has 0 unspecified atom stereocenters. The number of anilines is 1. The molecule has 0 aliphatic carbocycles. The SMILES string of the molecule is CC[C@H](N)C(=O)N[C@@H](CCCNC(N)=O)C(=O)Nc1ccc(COC(=O)N(C)CCN(C)C)cc1. The zero-order valence-electron chi connectivity index (χ0n) is 21.0. The third-order valence-electron chi connectivity index (χ3n) is 5.16. The number of carbonyl (C=O) groups excluding carboxylic acids is 4. The van der Waals surface area contributed by atoms with Crippen molar-refractivity contribution in [2.45, 2.75) is 44.9 Å². The smallest absolute Gasteiger partial charge is 0.409 e. The standard InChI is InChI=1S/C23H39N7O5/c1-5-18(24)20(31)28-19(7-6-12-26-22(25)33)21(32)27-17-10-8-16(9-11-17)15-35-23(34)30(4)14-13-29(2)3/h8-11,18-19H,5-7,12-15,24H2,1-4H3,(H,27,32)(H,28,31)(H3,25,26,33)/t18-,19-/m0/s1. The van der Waals surface area contributed by atoms with Gasteiger partial charge in [0.1, 0.15) is 12.6 Å². The average molecular weight is 494 g/mol. The van der Waals surface area contributed by atoms with E-state index in [0.29, 0.717) is 25.1 Å². The molecule has 35 heavy (non-hydrogen) atoms. The summed E-state index contributed by atoms with van der Waals surface area (Å²) in [6.07, 6.45) is 0.722. The van der Waals surface area contributed by atoms with Crippen LogP contribution < -0.4 is 27.4 Å². The number of primary amides is 1. The first kappa shape index (κ1) is 29.7. The Hall–Kier alpha value is -3.38. The van der Waals surface area contributed by atoms with Gasteiger partial charge in [-0.1, -0.05) is 19.1 Å². The molecule has 0 saturated carbocycles. The normalized spacial score (nSPS) is 12.4. The van der Waals surface area contributed by atoms with Crippen molar-refractivity contribution in [3.8, 4) is 0 Å². The summed E-state index contributed by atoms with van der Waals surface area (Å²) >= 11 is 0. The molecule has 0 saturated heterocycles. The summed E-state index contributed by atoms with van der Waals surface area (Å²) in [5.74, 6) is -0.842. The molecule has 2 atom stereocenters. The van der Waals surface area contributed by atoms with Crippen molar-refractivity contribution >= 4 is 29.6 Å². The number of nitrogens with two attached hydrogens (primary N) is 2. The number of nitrogens with one attached hydrogen (secondary N) is 3. The largest absolute Gasteiger partial charge is 0.445 e. The number of nitrogens with zero attached hydrogens (tertiary/aromatic N) is 2. The van der Waals surface area contributed by atoms with Crippen molar-refractivity contribution in [3.63, 3.8) is 0 Å². The molecule has 0 fully saturated rings. The van der Waals surface area contributed by atoms with E-state index in [1.807, 2.05) is 19.0 Å². The van der Waals surface area contributed by atoms with E-state index in [2.05, 4.69) is 16.0 Å². The molecular weight excluding hydrogens is 454 g/mol. The molecule has 0 aromatic heterocycles. The van der Waals surface area contributed by atoms with Crippen LogP contribution in [0.4, 0.5) is 15.3 Å². The lowest BCUT2D eigenvalue weighted by Gasteiger charge is -2.20. The van der Waals surface area contributed by atoms with Crippen molar-refractivity contribution in [3.05, 3.63) is 29.8 Å². The molecule has 12 nitrogen and oxygen atoms in total. The minimum absolute atomic E-state index is 0.0970. The molecule has 0 heterocycles. The number of rotatable bonds is 14. The van der Waals surface area contributed by atoms with Gasteiger partial charge in [0.15, 0.2) is 0 Å². The van der Waals surface area contributed by atoms with Crippen molar-refractivity contribution in [2.24, 2.45) is 11.5 Å². The van der Waals surface area contributed by atoms with Crippen molar-refractivity contribution in [1.82, 2.24) is 20.4 Å². The van der Waals surface area contributed by atoms with Crippen molar-refractivity contribution in [2.75, 3.05) is 46.1 Å². The first-order valence-electron chi connectivity index (χ1n) is 11.5. The zero-order valence-corrected chi connectivity index (χ0v) is 21.0. The van der Waals surface area contributed by atoms with Crippen LogP contribution >= 0.6 is 0 Å². The van der Waals surface area contributed by atoms with Gasteiger partial charge in [-0.05, 0) is 51.1 Å². The lowest BCUT2D eigenvalue weighted by molar-refractivity contribution is -0.127. The second-order valence-corrected chi connectivity index (χ2v) is 8.47. The maximum absolute atomic E-state index is 12.8. The number of ether oxygens (including phenoxy) is 1. The van der Waals surface area contributed by atoms with E-state index in [1.54, 1.807) is 38.2 Å². The number of amides is 5. The molecule has 7 N–H and O–H groups in total. The van der Waals surface area contributed by atoms with Crippen LogP contribution in [0, 0.1) is 0 Å². The fourth-order valence-corrected chi connectivity index (χ4v) is 2.86. The van der Waals surface area contributed by atoms with Crippen molar-refractivity contribution < 1.29 is 23.9 Å². The van der Waals surface area contributed by atoms with Gasteiger partial charge in [-0.2, -0.15) is 0 Å². The summed E-state index contributed by atoms with van der Waals surface area (Å²) in [6.45, 7) is 3.42. The van der Waals surface area contributed by atoms with Crippen LogP contribution in [0.15, 0.2) is 24.3 Å². The minimum Gasteiger partial charge on any atom is -0.445 e. The number of urea groups is 1. The Morgan fingerprint density at radius 3 is 2.26 bits per heavy atom. The third kappa shape index (κ3) is 12.1. The van der Waals surface area contributed by atoms with Gasteiger partial charge >= 0.3 is 12.1 Å². The molecule has 0 aliphatic heterocycles. The Bertz CT molecular complexity index is 832. The molecule has 196 valence electrons. The highest BCUT2D eigenvalue weighted by molar-refractivity contribution is 5.97. The lowest BCUT2D eigenvalue weighted by Crippen LogP contribution is -2.50. The second kappa shape index (κ2) is 15.5. The molecule has 0 aliphatic rings. The predicted molar refractivity (Wildman–Crippen MR) is 133 cm³/mol. The summed E-state index contributed by atoms with van der Waals surface area (Å²) in [5, 5.41) is 7.88. The molecule has 0 radical (unpaired) electrons. The molecule has 1 aromatic rings. The van der Waals surface area contributed by atoms with Crippen LogP contribution in [0.25, 0.3) is 0 Å². The van der Waals surface area contributed by atoms with E-state index in [9.17, 15) is 19.2 Å². The summed E-state index contributed by atoms with van der Waals surface area (Å²) in [5.41, 5.74) is 12.1. The maximum atomic E-state index is 12.8. The molecule has 12 heteroatoms. The Labute approximate surface area is 206 Å². The first-order valence-corrected chi connectivity index (χ1v) is 11.5. The van der Waals surface area contributed by atoms with Gasteiger partial charge in [0, 0.05) is 32.4 Å². The molecule has 1 rings (SSSR count). The van der Waals surface area contributed by atoms with Crippen LogP contribution in [-0.2, 0) is 20.9 Å². The van der Waals surface area contributed by atoms with Crippen molar-refractivity contribution in [1.29, 1.82) is 0 Å². The fraction of sp³-hybridized carbons (Fsp3) is 0.565. The number of benzene rings is 1. The highest BCUT2D eigenvalue weighted by atomic mass is 16.6. The van der Waals surface area contributed by atoms with Gasteiger partial charge in [-0.3, -0.25) is 9.59 Å². The Kier molecular flexibility index (Phi) is 13.1. The molecule has 5 amide bonds. The third-order valence-corrected chi connectivity index (χ3v) is 5.16. The van der Waals surface area contributed by atoms with E-state index in [-0.39, 0.29) is 19.6 Å². The van der Waals surface area contributed by atoms with E-state index >= 15 is 0 Å². The Morgan fingerprint density at radius 2 is 1.69 bits per heavy atom. The number of hydrogen-bond donors (Lipinski definition) is 5. The van der Waals surface area contributed by atoms with Crippen LogP contribution in [0.5, 0.6) is 0 Å². The van der Waals surface area contributed by atoms with Crippen LogP contribution in [-0.4, -0.2) is 86.6 Å².